The maximum atomic E-state index is 12.6. The Labute approximate surface area is 124 Å². The fraction of sp³-hybridized carbons (Fsp3) is 0.538. The molecular weight excluding hydrogens is 290 g/mol. The summed E-state index contributed by atoms with van der Waals surface area (Å²) in [5.41, 5.74) is 1.03. The Morgan fingerprint density at radius 3 is 2.57 bits per heavy atom. The molecule has 1 N–H and O–H groups in total. The van der Waals surface area contributed by atoms with Crippen molar-refractivity contribution in [1.82, 2.24) is 24.3 Å². The number of hydrogen-bond acceptors (Lipinski definition) is 4. The first-order valence-electron chi connectivity index (χ1n) is 6.90. The molecule has 1 fully saturated rings. The molecule has 0 unspecified atom stereocenters. The van der Waals surface area contributed by atoms with Crippen molar-refractivity contribution in [3.8, 4) is 0 Å². The van der Waals surface area contributed by atoms with Crippen molar-refractivity contribution in [2.75, 3.05) is 13.1 Å². The van der Waals surface area contributed by atoms with Crippen molar-refractivity contribution in [2.24, 2.45) is 7.05 Å². The molecule has 0 aromatic carbocycles. The summed E-state index contributed by atoms with van der Waals surface area (Å²) >= 11 is 0. The van der Waals surface area contributed by atoms with Gasteiger partial charge in [-0.05, 0) is 18.9 Å². The van der Waals surface area contributed by atoms with Crippen LogP contribution in [0.1, 0.15) is 25.5 Å². The monoisotopic (exact) mass is 309 g/mol. The zero-order valence-electron chi connectivity index (χ0n) is 12.2. The van der Waals surface area contributed by atoms with Gasteiger partial charge >= 0.3 is 0 Å². The highest BCUT2D eigenvalue weighted by atomic mass is 32.2. The van der Waals surface area contributed by atoms with Gasteiger partial charge in [0, 0.05) is 43.6 Å². The average Bonchev–Trinajstić information content (AvgIpc) is 3.10. The number of hydrogen-bond donors (Lipinski definition) is 1. The van der Waals surface area contributed by atoms with E-state index in [9.17, 15) is 8.42 Å². The van der Waals surface area contributed by atoms with Crippen LogP contribution in [0, 0.1) is 0 Å². The SMILES string of the molecule is Cn1cc(S(=O)(=O)N2CCC(C)(c3ccn[nH]3)CC2)cn1. The van der Waals surface area contributed by atoms with Crippen molar-refractivity contribution in [1.29, 1.82) is 0 Å². The number of piperidine rings is 1. The van der Waals surface area contributed by atoms with Crippen LogP contribution in [0.5, 0.6) is 0 Å². The first kappa shape index (κ1) is 14.3. The van der Waals surface area contributed by atoms with Crippen LogP contribution in [0.3, 0.4) is 0 Å². The summed E-state index contributed by atoms with van der Waals surface area (Å²) in [6.45, 7) is 3.16. The fourth-order valence-electron chi connectivity index (χ4n) is 2.76. The van der Waals surface area contributed by atoms with Crippen LogP contribution in [-0.4, -0.2) is 45.8 Å². The summed E-state index contributed by atoms with van der Waals surface area (Å²) in [5.74, 6) is 0. The van der Waals surface area contributed by atoms with E-state index in [0.29, 0.717) is 13.1 Å². The summed E-state index contributed by atoms with van der Waals surface area (Å²) in [5, 5.41) is 10.9. The molecule has 0 saturated carbocycles. The number of nitrogens with zero attached hydrogens (tertiary/aromatic N) is 4. The lowest BCUT2D eigenvalue weighted by molar-refractivity contribution is 0.244. The molecule has 8 heteroatoms. The van der Waals surface area contributed by atoms with E-state index in [1.54, 1.807) is 17.5 Å². The van der Waals surface area contributed by atoms with Crippen molar-refractivity contribution in [2.45, 2.75) is 30.1 Å². The Hall–Kier alpha value is -1.67. The molecule has 1 saturated heterocycles. The molecule has 0 radical (unpaired) electrons. The Morgan fingerprint density at radius 2 is 2.05 bits per heavy atom. The van der Waals surface area contributed by atoms with Gasteiger partial charge in [0.25, 0.3) is 0 Å². The van der Waals surface area contributed by atoms with Gasteiger partial charge in [0.05, 0.1) is 6.20 Å². The highest BCUT2D eigenvalue weighted by molar-refractivity contribution is 7.89. The van der Waals surface area contributed by atoms with E-state index < -0.39 is 10.0 Å². The van der Waals surface area contributed by atoms with Gasteiger partial charge in [-0.15, -0.1) is 0 Å². The molecule has 0 amide bonds. The third kappa shape index (κ3) is 2.49. The van der Waals surface area contributed by atoms with Gasteiger partial charge in [0.15, 0.2) is 0 Å². The van der Waals surface area contributed by atoms with Crippen molar-refractivity contribution < 1.29 is 8.42 Å². The summed E-state index contributed by atoms with van der Waals surface area (Å²) < 4.78 is 28.2. The molecule has 7 nitrogen and oxygen atoms in total. The molecule has 0 spiro atoms. The van der Waals surface area contributed by atoms with E-state index in [1.165, 1.54) is 17.1 Å². The summed E-state index contributed by atoms with van der Waals surface area (Å²) in [6, 6.07) is 1.96. The minimum absolute atomic E-state index is 0.0442. The largest absolute Gasteiger partial charge is 0.282 e. The van der Waals surface area contributed by atoms with E-state index >= 15 is 0 Å². The van der Waals surface area contributed by atoms with Crippen LogP contribution in [0.2, 0.25) is 0 Å². The molecule has 114 valence electrons. The molecule has 1 aliphatic heterocycles. The van der Waals surface area contributed by atoms with Gasteiger partial charge in [-0.25, -0.2) is 8.42 Å². The van der Waals surface area contributed by atoms with E-state index in [0.717, 1.165) is 18.5 Å². The fourth-order valence-corrected chi connectivity index (χ4v) is 4.19. The minimum atomic E-state index is -3.44. The quantitative estimate of drug-likeness (QED) is 0.912. The second-order valence-electron chi connectivity index (χ2n) is 5.78. The van der Waals surface area contributed by atoms with E-state index in [-0.39, 0.29) is 10.3 Å². The normalized spacial score (nSPS) is 19.7. The number of aromatic amines is 1. The van der Waals surface area contributed by atoms with Gasteiger partial charge in [-0.1, -0.05) is 6.92 Å². The van der Waals surface area contributed by atoms with Crippen LogP contribution in [0.15, 0.2) is 29.6 Å². The van der Waals surface area contributed by atoms with Crippen molar-refractivity contribution >= 4 is 10.0 Å². The number of rotatable bonds is 3. The number of aromatic nitrogens is 4. The third-order valence-electron chi connectivity index (χ3n) is 4.30. The number of nitrogens with one attached hydrogen (secondary N) is 1. The molecule has 21 heavy (non-hydrogen) atoms. The lowest BCUT2D eigenvalue weighted by Crippen LogP contribution is -2.43. The maximum Gasteiger partial charge on any atom is 0.246 e. The first-order chi connectivity index (χ1) is 9.92. The summed E-state index contributed by atoms with van der Waals surface area (Å²) in [6.07, 6.45) is 6.22. The highest BCUT2D eigenvalue weighted by Crippen LogP contribution is 2.35. The molecule has 0 aliphatic carbocycles. The average molecular weight is 309 g/mol. The molecule has 0 atom stereocenters. The smallest absolute Gasteiger partial charge is 0.246 e. The maximum absolute atomic E-state index is 12.6. The van der Waals surface area contributed by atoms with E-state index in [2.05, 4.69) is 22.2 Å². The van der Waals surface area contributed by atoms with E-state index in [4.69, 9.17) is 0 Å². The lowest BCUT2D eigenvalue weighted by Gasteiger charge is -2.37. The number of aryl methyl sites for hydroxylation is 1. The predicted molar refractivity (Wildman–Crippen MR) is 77.1 cm³/mol. The second-order valence-corrected chi connectivity index (χ2v) is 7.72. The van der Waals surface area contributed by atoms with Crippen molar-refractivity contribution in [3.05, 3.63) is 30.4 Å². The number of H-pyrrole nitrogens is 1. The molecule has 0 bridgehead atoms. The van der Waals surface area contributed by atoms with Gasteiger partial charge in [-0.3, -0.25) is 9.78 Å². The van der Waals surface area contributed by atoms with Gasteiger partial charge in [0.1, 0.15) is 4.90 Å². The van der Waals surface area contributed by atoms with Gasteiger partial charge in [-0.2, -0.15) is 14.5 Å². The molecule has 3 rings (SSSR count). The molecule has 2 aromatic rings. The Bertz CT molecular complexity index is 712. The van der Waals surface area contributed by atoms with Gasteiger partial charge in [0.2, 0.25) is 10.0 Å². The molecular formula is C13H19N5O2S. The lowest BCUT2D eigenvalue weighted by atomic mass is 9.78. The first-order valence-corrected chi connectivity index (χ1v) is 8.34. The Balaban J connectivity index is 1.77. The van der Waals surface area contributed by atoms with Gasteiger partial charge < -0.3 is 0 Å². The standard InChI is InChI=1S/C13H19N5O2S/c1-13(12-3-6-14-16-12)4-7-18(8-5-13)21(19,20)11-9-15-17(2)10-11/h3,6,9-10H,4-5,7-8H2,1-2H3,(H,14,16). The Morgan fingerprint density at radius 1 is 1.33 bits per heavy atom. The predicted octanol–water partition coefficient (Wildman–Crippen LogP) is 0.886. The highest BCUT2D eigenvalue weighted by Gasteiger charge is 2.37. The zero-order valence-corrected chi connectivity index (χ0v) is 13.0. The Kier molecular flexibility index (Phi) is 3.37. The topological polar surface area (TPSA) is 83.9 Å². The minimum Gasteiger partial charge on any atom is -0.282 e. The van der Waals surface area contributed by atoms with Crippen LogP contribution < -0.4 is 0 Å². The summed E-state index contributed by atoms with van der Waals surface area (Å²) in [4.78, 5) is 0.259. The molecule has 2 aromatic heterocycles. The van der Waals surface area contributed by atoms with Crippen LogP contribution in [0.4, 0.5) is 0 Å². The second kappa shape index (κ2) is 4.96. The third-order valence-corrected chi connectivity index (χ3v) is 6.15. The number of sulfonamides is 1. The van der Waals surface area contributed by atoms with Crippen LogP contribution >= 0.6 is 0 Å². The zero-order chi connectivity index (χ0) is 15.1. The molecule has 3 heterocycles. The van der Waals surface area contributed by atoms with Crippen LogP contribution in [-0.2, 0) is 22.5 Å². The van der Waals surface area contributed by atoms with E-state index in [1.807, 2.05) is 6.07 Å². The van der Waals surface area contributed by atoms with Crippen molar-refractivity contribution in [3.63, 3.8) is 0 Å². The van der Waals surface area contributed by atoms with Crippen LogP contribution in [0.25, 0.3) is 0 Å². The molecule has 1 aliphatic rings. The summed E-state index contributed by atoms with van der Waals surface area (Å²) in [7, 11) is -1.72.